The summed E-state index contributed by atoms with van der Waals surface area (Å²) in [5.41, 5.74) is 16.3. The number of nitrogens with zero attached hydrogens (tertiary/aromatic N) is 2. The number of thiophene rings is 1. The van der Waals surface area contributed by atoms with Crippen LogP contribution in [0.25, 0.3) is 119 Å². The minimum Gasteiger partial charge on any atom is -0.455 e. The van der Waals surface area contributed by atoms with Gasteiger partial charge in [-0.05, 0) is 107 Å². The zero-order valence-corrected chi connectivity index (χ0v) is 34.3. The Hall–Kier alpha value is -7.40. The number of hydrogen-bond acceptors (Lipinski definition) is 2. The Morgan fingerprint density at radius 1 is 0.426 bits per heavy atom. The third-order valence-electron chi connectivity index (χ3n) is 13.7. The second-order valence-corrected chi connectivity index (χ2v) is 18.3. The Labute approximate surface area is 354 Å². The molecular weight excluding hydrogens is 761 g/mol. The fourth-order valence-electron chi connectivity index (χ4n) is 10.9. The van der Waals surface area contributed by atoms with E-state index in [-0.39, 0.29) is 5.41 Å². The first-order chi connectivity index (χ1) is 30.0. The highest BCUT2D eigenvalue weighted by Crippen LogP contribution is 2.53. The summed E-state index contributed by atoms with van der Waals surface area (Å²) in [7, 11) is 0. The maximum absolute atomic E-state index is 7.07. The maximum Gasteiger partial charge on any atom is 0.145 e. The van der Waals surface area contributed by atoms with Gasteiger partial charge in [-0.2, -0.15) is 0 Å². The van der Waals surface area contributed by atoms with Gasteiger partial charge in [0.05, 0.1) is 27.5 Å². The molecule has 0 bridgehead atoms. The summed E-state index contributed by atoms with van der Waals surface area (Å²) >= 11 is 1.86. The van der Waals surface area contributed by atoms with E-state index in [0.717, 1.165) is 44.4 Å². The van der Waals surface area contributed by atoms with E-state index in [1.807, 2.05) is 11.3 Å². The Balaban J connectivity index is 1.14. The van der Waals surface area contributed by atoms with Crippen LogP contribution in [0.2, 0.25) is 0 Å². The molecule has 14 rings (SSSR count). The summed E-state index contributed by atoms with van der Waals surface area (Å²) in [6, 6.07) is 67.3. The number of hydrogen-bond donors (Lipinski definition) is 0. The molecule has 3 nitrogen and oxygen atoms in total. The van der Waals surface area contributed by atoms with E-state index in [9.17, 15) is 0 Å². The van der Waals surface area contributed by atoms with Crippen molar-refractivity contribution in [2.75, 3.05) is 0 Å². The fraction of sp³-hybridized carbons (Fsp3) is 0.0526. The van der Waals surface area contributed by atoms with E-state index in [1.54, 1.807) is 0 Å². The Morgan fingerprint density at radius 3 is 2.03 bits per heavy atom. The molecule has 4 aromatic heterocycles. The van der Waals surface area contributed by atoms with E-state index in [0.29, 0.717) is 0 Å². The Bertz CT molecular complexity index is 4020. The Kier molecular flexibility index (Phi) is 6.51. The predicted molar refractivity (Wildman–Crippen MR) is 258 cm³/mol. The first kappa shape index (κ1) is 33.4. The molecule has 9 aromatic carbocycles. The van der Waals surface area contributed by atoms with Gasteiger partial charge in [-0.1, -0.05) is 117 Å². The molecule has 0 amide bonds. The topological polar surface area (TPSA) is 23.0 Å². The number of furan rings is 1. The van der Waals surface area contributed by atoms with Crippen LogP contribution in [0.1, 0.15) is 25.0 Å². The summed E-state index contributed by atoms with van der Waals surface area (Å²) in [6.07, 6.45) is 0. The van der Waals surface area contributed by atoms with Gasteiger partial charge in [0.25, 0.3) is 0 Å². The van der Waals surface area contributed by atoms with Crippen LogP contribution in [0.3, 0.4) is 0 Å². The molecule has 0 atom stereocenters. The monoisotopic (exact) mass is 796 g/mol. The molecule has 0 radical (unpaired) electrons. The molecular formula is C57H36N2OS. The minimum absolute atomic E-state index is 0.147. The molecule has 1 aliphatic carbocycles. The van der Waals surface area contributed by atoms with E-state index in [1.165, 1.54) is 86.0 Å². The third kappa shape index (κ3) is 4.42. The van der Waals surface area contributed by atoms with Crippen LogP contribution in [0.15, 0.2) is 186 Å². The SMILES string of the molecule is CC1(C)c2ccccc2-c2cc3c4cc(-c5ccc6c(c5)c5ccccc5n6-c5ccccc5)c5oc6ccccc6c5c4n(-c4ccc5sc6ccccc6c5c4)c3cc21. The number of rotatable bonds is 3. The van der Waals surface area contributed by atoms with E-state index >= 15 is 0 Å². The number of fused-ring (bicyclic) bond motifs is 16. The van der Waals surface area contributed by atoms with Crippen molar-refractivity contribution in [3.8, 4) is 33.6 Å². The van der Waals surface area contributed by atoms with Crippen molar-refractivity contribution in [3.05, 3.63) is 193 Å². The van der Waals surface area contributed by atoms with Crippen LogP contribution in [-0.4, -0.2) is 9.13 Å². The second kappa shape index (κ2) is 11.9. The highest BCUT2D eigenvalue weighted by atomic mass is 32.1. The molecule has 0 unspecified atom stereocenters. The van der Waals surface area contributed by atoms with Crippen LogP contribution >= 0.6 is 11.3 Å². The lowest BCUT2D eigenvalue weighted by atomic mass is 9.82. The van der Waals surface area contributed by atoms with Gasteiger partial charge < -0.3 is 13.6 Å². The summed E-state index contributed by atoms with van der Waals surface area (Å²) in [6.45, 7) is 4.76. The van der Waals surface area contributed by atoms with Gasteiger partial charge in [-0.25, -0.2) is 0 Å². The normalized spacial score (nSPS) is 13.5. The molecule has 0 spiro atoms. The molecule has 0 fully saturated rings. The molecule has 4 heterocycles. The van der Waals surface area contributed by atoms with Crippen LogP contribution in [0.5, 0.6) is 0 Å². The van der Waals surface area contributed by atoms with Gasteiger partial charge in [-0.15, -0.1) is 11.3 Å². The predicted octanol–water partition coefficient (Wildman–Crippen LogP) is 16.1. The van der Waals surface area contributed by atoms with Gasteiger partial charge in [0, 0.05) is 69.5 Å². The van der Waals surface area contributed by atoms with Crippen LogP contribution in [0.4, 0.5) is 0 Å². The molecule has 1 aliphatic rings. The van der Waals surface area contributed by atoms with Crippen molar-refractivity contribution in [3.63, 3.8) is 0 Å². The van der Waals surface area contributed by atoms with E-state index < -0.39 is 0 Å². The first-order valence-electron chi connectivity index (χ1n) is 21.1. The molecule has 286 valence electrons. The smallest absolute Gasteiger partial charge is 0.145 e. The number of benzene rings is 9. The molecule has 0 N–H and O–H groups in total. The van der Waals surface area contributed by atoms with E-state index in [2.05, 4.69) is 205 Å². The summed E-state index contributed by atoms with van der Waals surface area (Å²) in [4.78, 5) is 0. The summed E-state index contributed by atoms with van der Waals surface area (Å²) < 4.78 is 14.6. The summed E-state index contributed by atoms with van der Waals surface area (Å²) in [5, 5.41) is 9.76. The minimum atomic E-state index is -0.147. The average Bonchev–Trinajstić information content (AvgIpc) is 4.09. The lowest BCUT2D eigenvalue weighted by Gasteiger charge is -2.21. The number of para-hydroxylation sites is 3. The van der Waals surface area contributed by atoms with Crippen molar-refractivity contribution < 1.29 is 4.42 Å². The highest BCUT2D eigenvalue weighted by Gasteiger charge is 2.36. The fourth-order valence-corrected chi connectivity index (χ4v) is 12.0. The van der Waals surface area contributed by atoms with Crippen molar-refractivity contribution in [2.24, 2.45) is 0 Å². The highest BCUT2D eigenvalue weighted by molar-refractivity contribution is 7.25. The zero-order chi connectivity index (χ0) is 40.1. The van der Waals surface area contributed by atoms with E-state index in [4.69, 9.17) is 4.42 Å². The Morgan fingerprint density at radius 2 is 1.13 bits per heavy atom. The summed E-state index contributed by atoms with van der Waals surface area (Å²) in [5.74, 6) is 0. The van der Waals surface area contributed by atoms with Crippen molar-refractivity contribution in [2.45, 2.75) is 19.3 Å². The number of aromatic nitrogens is 2. The molecule has 0 saturated carbocycles. The average molecular weight is 797 g/mol. The molecule has 0 saturated heterocycles. The first-order valence-corrected chi connectivity index (χ1v) is 21.9. The second-order valence-electron chi connectivity index (χ2n) is 17.2. The third-order valence-corrected chi connectivity index (χ3v) is 14.8. The molecule has 61 heavy (non-hydrogen) atoms. The quantitative estimate of drug-likeness (QED) is 0.175. The van der Waals surface area contributed by atoms with Gasteiger partial charge in [0.2, 0.25) is 0 Å². The van der Waals surface area contributed by atoms with Crippen molar-refractivity contribution >= 4 is 97.1 Å². The molecule has 13 aromatic rings. The van der Waals surface area contributed by atoms with Crippen LogP contribution in [-0.2, 0) is 5.41 Å². The van der Waals surface area contributed by atoms with Crippen LogP contribution < -0.4 is 0 Å². The maximum atomic E-state index is 7.07. The van der Waals surface area contributed by atoms with Gasteiger partial charge >= 0.3 is 0 Å². The van der Waals surface area contributed by atoms with Crippen molar-refractivity contribution in [1.29, 1.82) is 0 Å². The van der Waals surface area contributed by atoms with Gasteiger partial charge in [0.1, 0.15) is 11.2 Å². The zero-order valence-electron chi connectivity index (χ0n) is 33.5. The van der Waals surface area contributed by atoms with Gasteiger partial charge in [0.15, 0.2) is 0 Å². The van der Waals surface area contributed by atoms with Gasteiger partial charge in [-0.3, -0.25) is 0 Å². The lowest BCUT2D eigenvalue weighted by Crippen LogP contribution is -2.14. The molecule has 0 aliphatic heterocycles. The molecule has 4 heteroatoms. The standard InChI is InChI=1S/C57H36N2OS/c1-57(2)46-20-10-6-16-36(46)41-31-43-45-30-40(33-24-26-49-42(28-33)37-17-7-11-21-48(37)58(49)34-14-4-3-5-15-34)56-54(39-19-8-12-22-51(39)60-56)55(45)59(50(43)32-47(41)57)35-25-27-53-44(29-35)38-18-9-13-23-52(38)61-53/h3-32H,1-2H3. The lowest BCUT2D eigenvalue weighted by molar-refractivity contribution is 0.661. The van der Waals surface area contributed by atoms with Crippen LogP contribution in [0, 0.1) is 0 Å². The van der Waals surface area contributed by atoms with Crippen molar-refractivity contribution in [1.82, 2.24) is 9.13 Å². The largest absolute Gasteiger partial charge is 0.455 e.